The Labute approximate surface area is 96.6 Å². The summed E-state index contributed by atoms with van der Waals surface area (Å²) in [5, 5.41) is 2.99. The number of halogens is 2. The SMILES string of the molecule is Cc1nc(Nc2ccc(F)c(Cl)c2)c(N)[nH]1. The van der Waals surface area contributed by atoms with Crippen LogP contribution in [-0.4, -0.2) is 9.97 Å². The van der Waals surface area contributed by atoms with Gasteiger partial charge in [-0.1, -0.05) is 11.6 Å². The van der Waals surface area contributed by atoms with Crippen molar-refractivity contribution in [1.29, 1.82) is 0 Å². The predicted octanol–water partition coefficient (Wildman–Crippen LogP) is 2.84. The Morgan fingerprint density at radius 2 is 2.25 bits per heavy atom. The van der Waals surface area contributed by atoms with E-state index in [1.807, 2.05) is 0 Å². The average molecular weight is 241 g/mol. The topological polar surface area (TPSA) is 66.7 Å². The Kier molecular flexibility index (Phi) is 2.70. The smallest absolute Gasteiger partial charge is 0.173 e. The maximum absolute atomic E-state index is 12.9. The number of benzene rings is 1. The number of nitrogens with zero attached hydrogens (tertiary/aromatic N) is 1. The van der Waals surface area contributed by atoms with Crippen molar-refractivity contribution in [2.24, 2.45) is 0 Å². The second-order valence-electron chi connectivity index (χ2n) is 3.34. The number of nitrogens with one attached hydrogen (secondary N) is 2. The Morgan fingerprint density at radius 3 is 2.81 bits per heavy atom. The number of anilines is 3. The van der Waals surface area contributed by atoms with E-state index in [1.165, 1.54) is 12.1 Å². The molecule has 0 amide bonds. The molecule has 1 aromatic heterocycles. The van der Waals surface area contributed by atoms with E-state index in [-0.39, 0.29) is 5.02 Å². The number of imidazole rings is 1. The van der Waals surface area contributed by atoms with Crippen molar-refractivity contribution in [1.82, 2.24) is 9.97 Å². The van der Waals surface area contributed by atoms with Crippen molar-refractivity contribution < 1.29 is 4.39 Å². The standard InChI is InChI=1S/C10H10ClFN4/c1-5-14-9(13)10(15-5)16-6-2-3-8(12)7(11)4-6/h2-4,16H,13H2,1H3,(H,14,15). The molecule has 0 radical (unpaired) electrons. The number of aromatic nitrogens is 2. The lowest BCUT2D eigenvalue weighted by Crippen LogP contribution is -1.95. The molecule has 4 nitrogen and oxygen atoms in total. The summed E-state index contributed by atoms with van der Waals surface area (Å²) in [6.07, 6.45) is 0. The summed E-state index contributed by atoms with van der Waals surface area (Å²) in [5.74, 6) is 1.17. The van der Waals surface area contributed by atoms with Gasteiger partial charge in [-0.05, 0) is 25.1 Å². The zero-order valence-electron chi connectivity index (χ0n) is 8.51. The molecule has 1 aromatic carbocycles. The number of nitrogen functional groups attached to an aromatic ring is 1. The summed E-state index contributed by atoms with van der Waals surface area (Å²) in [6, 6.07) is 4.31. The fraction of sp³-hybridized carbons (Fsp3) is 0.100. The fourth-order valence-corrected chi connectivity index (χ4v) is 1.50. The van der Waals surface area contributed by atoms with Crippen molar-refractivity contribution >= 4 is 28.9 Å². The second kappa shape index (κ2) is 4.02. The van der Waals surface area contributed by atoms with Gasteiger partial charge in [0.2, 0.25) is 0 Å². The second-order valence-corrected chi connectivity index (χ2v) is 3.75. The van der Waals surface area contributed by atoms with E-state index in [0.29, 0.717) is 23.1 Å². The van der Waals surface area contributed by atoms with E-state index in [1.54, 1.807) is 13.0 Å². The van der Waals surface area contributed by atoms with E-state index in [0.717, 1.165) is 0 Å². The zero-order chi connectivity index (χ0) is 11.7. The zero-order valence-corrected chi connectivity index (χ0v) is 9.27. The van der Waals surface area contributed by atoms with Gasteiger partial charge in [-0.2, -0.15) is 0 Å². The van der Waals surface area contributed by atoms with Crippen molar-refractivity contribution in [3.8, 4) is 0 Å². The van der Waals surface area contributed by atoms with Crippen LogP contribution in [0.2, 0.25) is 5.02 Å². The molecule has 0 aliphatic rings. The third-order valence-corrected chi connectivity index (χ3v) is 2.32. The summed E-state index contributed by atoms with van der Waals surface area (Å²) in [7, 11) is 0. The Morgan fingerprint density at radius 1 is 1.50 bits per heavy atom. The lowest BCUT2D eigenvalue weighted by atomic mass is 10.3. The lowest BCUT2D eigenvalue weighted by Gasteiger charge is -2.04. The maximum Gasteiger partial charge on any atom is 0.173 e. The summed E-state index contributed by atoms with van der Waals surface area (Å²) in [6.45, 7) is 1.79. The number of hydrogen-bond acceptors (Lipinski definition) is 3. The van der Waals surface area contributed by atoms with Crippen LogP contribution in [0.5, 0.6) is 0 Å². The van der Waals surface area contributed by atoms with Crippen LogP contribution in [-0.2, 0) is 0 Å². The molecule has 0 aliphatic carbocycles. The van der Waals surface area contributed by atoms with Crippen LogP contribution in [0, 0.1) is 12.7 Å². The van der Waals surface area contributed by atoms with Gasteiger partial charge in [0, 0.05) is 5.69 Å². The predicted molar refractivity (Wildman–Crippen MR) is 62.4 cm³/mol. The van der Waals surface area contributed by atoms with Gasteiger partial charge in [-0.15, -0.1) is 0 Å². The highest BCUT2D eigenvalue weighted by molar-refractivity contribution is 6.31. The first-order chi connectivity index (χ1) is 7.56. The molecule has 1 heterocycles. The third-order valence-electron chi connectivity index (χ3n) is 2.03. The maximum atomic E-state index is 12.9. The Bertz CT molecular complexity index is 524. The van der Waals surface area contributed by atoms with Gasteiger partial charge < -0.3 is 16.0 Å². The van der Waals surface area contributed by atoms with Crippen molar-refractivity contribution in [3.63, 3.8) is 0 Å². The number of aryl methyl sites for hydroxylation is 1. The first-order valence-electron chi connectivity index (χ1n) is 4.60. The van der Waals surface area contributed by atoms with Gasteiger partial charge in [0.15, 0.2) is 5.82 Å². The van der Waals surface area contributed by atoms with Gasteiger partial charge in [-0.25, -0.2) is 9.37 Å². The lowest BCUT2D eigenvalue weighted by molar-refractivity contribution is 0.628. The number of rotatable bonds is 2. The van der Waals surface area contributed by atoms with Gasteiger partial charge in [0.25, 0.3) is 0 Å². The molecular weight excluding hydrogens is 231 g/mol. The molecule has 0 bridgehead atoms. The third kappa shape index (κ3) is 2.09. The molecule has 0 fully saturated rings. The molecule has 0 atom stereocenters. The number of hydrogen-bond donors (Lipinski definition) is 3. The molecule has 0 unspecified atom stereocenters. The molecule has 2 aromatic rings. The van der Waals surface area contributed by atoms with Crippen LogP contribution in [0.3, 0.4) is 0 Å². The minimum atomic E-state index is -0.460. The van der Waals surface area contributed by atoms with Crippen LogP contribution in [0.25, 0.3) is 0 Å². The molecule has 0 saturated heterocycles. The van der Waals surface area contributed by atoms with Crippen LogP contribution in [0.1, 0.15) is 5.82 Å². The molecular formula is C10H10ClFN4. The summed E-state index contributed by atoms with van der Waals surface area (Å²) in [4.78, 5) is 6.98. The van der Waals surface area contributed by atoms with E-state index in [4.69, 9.17) is 17.3 Å². The first kappa shape index (κ1) is 10.8. The minimum Gasteiger partial charge on any atom is -0.382 e. The molecule has 0 aliphatic heterocycles. The molecule has 0 spiro atoms. The Balaban J connectivity index is 2.27. The van der Waals surface area contributed by atoms with E-state index >= 15 is 0 Å². The highest BCUT2D eigenvalue weighted by Gasteiger charge is 2.06. The van der Waals surface area contributed by atoms with E-state index < -0.39 is 5.82 Å². The molecule has 2 rings (SSSR count). The van der Waals surface area contributed by atoms with E-state index in [2.05, 4.69) is 15.3 Å². The molecule has 0 saturated carbocycles. The van der Waals surface area contributed by atoms with Crippen LogP contribution < -0.4 is 11.1 Å². The highest BCUT2D eigenvalue weighted by atomic mass is 35.5. The van der Waals surface area contributed by atoms with Crippen molar-refractivity contribution in [3.05, 3.63) is 34.9 Å². The first-order valence-corrected chi connectivity index (χ1v) is 4.98. The summed E-state index contributed by atoms with van der Waals surface area (Å²) >= 11 is 5.65. The van der Waals surface area contributed by atoms with Crippen molar-refractivity contribution in [2.45, 2.75) is 6.92 Å². The molecule has 6 heteroatoms. The number of H-pyrrole nitrogens is 1. The van der Waals surface area contributed by atoms with Gasteiger partial charge >= 0.3 is 0 Å². The molecule has 4 N–H and O–H groups in total. The minimum absolute atomic E-state index is 0.0517. The number of aromatic amines is 1. The highest BCUT2D eigenvalue weighted by Crippen LogP contribution is 2.24. The van der Waals surface area contributed by atoms with Gasteiger partial charge in [-0.3, -0.25) is 0 Å². The summed E-state index contributed by atoms with van der Waals surface area (Å²) in [5.41, 5.74) is 6.30. The van der Waals surface area contributed by atoms with Crippen LogP contribution in [0.4, 0.5) is 21.7 Å². The van der Waals surface area contributed by atoms with Crippen LogP contribution >= 0.6 is 11.6 Å². The van der Waals surface area contributed by atoms with Gasteiger partial charge in [0.1, 0.15) is 17.5 Å². The number of nitrogens with two attached hydrogens (primary N) is 1. The average Bonchev–Trinajstić information content (AvgIpc) is 2.51. The van der Waals surface area contributed by atoms with Crippen molar-refractivity contribution in [2.75, 3.05) is 11.1 Å². The quantitative estimate of drug-likeness (QED) is 0.756. The van der Waals surface area contributed by atoms with E-state index in [9.17, 15) is 4.39 Å². The monoisotopic (exact) mass is 240 g/mol. The molecule has 16 heavy (non-hydrogen) atoms. The fourth-order valence-electron chi connectivity index (χ4n) is 1.32. The van der Waals surface area contributed by atoms with Gasteiger partial charge in [0.05, 0.1) is 5.02 Å². The Hall–Kier alpha value is -1.75. The normalized spacial score (nSPS) is 10.4. The van der Waals surface area contributed by atoms with Crippen LogP contribution in [0.15, 0.2) is 18.2 Å². The summed E-state index contributed by atoms with van der Waals surface area (Å²) < 4.78 is 12.9. The molecule has 84 valence electrons. The largest absolute Gasteiger partial charge is 0.382 e.